The van der Waals surface area contributed by atoms with E-state index in [1.807, 2.05) is 32.0 Å². The van der Waals surface area contributed by atoms with Crippen LogP contribution in [0.5, 0.6) is 0 Å². The van der Waals surface area contributed by atoms with Gasteiger partial charge in [0.25, 0.3) is 5.91 Å². The molecule has 0 radical (unpaired) electrons. The topological polar surface area (TPSA) is 91.4 Å². The number of nitrogens with zero attached hydrogens (tertiary/aromatic N) is 2. The van der Waals surface area contributed by atoms with E-state index in [0.717, 1.165) is 10.5 Å². The van der Waals surface area contributed by atoms with Crippen LogP contribution >= 0.6 is 22.9 Å². The maximum absolute atomic E-state index is 12.5. The zero-order valence-corrected chi connectivity index (χ0v) is 16.5. The zero-order valence-electron chi connectivity index (χ0n) is 14.9. The zero-order chi connectivity index (χ0) is 19.6. The summed E-state index contributed by atoms with van der Waals surface area (Å²) in [4.78, 5) is 42.3. The van der Waals surface area contributed by atoms with E-state index in [0.29, 0.717) is 28.7 Å². The van der Waals surface area contributed by atoms with Gasteiger partial charge >= 0.3 is 6.03 Å². The number of hydrogen-bond acceptors (Lipinski definition) is 5. The van der Waals surface area contributed by atoms with Crippen molar-refractivity contribution in [2.45, 2.75) is 32.2 Å². The van der Waals surface area contributed by atoms with Gasteiger partial charge in [-0.15, -0.1) is 11.3 Å². The molecule has 9 heteroatoms. The minimum absolute atomic E-state index is 0.354. The lowest BCUT2D eigenvalue weighted by atomic mass is 9.93. The number of hydrogen-bond donors (Lipinski definition) is 2. The molecule has 1 aromatic carbocycles. The van der Waals surface area contributed by atoms with E-state index >= 15 is 0 Å². The van der Waals surface area contributed by atoms with Gasteiger partial charge in [-0.1, -0.05) is 43.6 Å². The molecule has 4 amide bonds. The second-order valence-electron chi connectivity index (χ2n) is 6.18. The number of thiazole rings is 1. The van der Waals surface area contributed by atoms with E-state index in [2.05, 4.69) is 15.6 Å². The molecule has 2 heterocycles. The predicted molar refractivity (Wildman–Crippen MR) is 105 cm³/mol. The molecule has 2 N–H and O–H groups in total. The Morgan fingerprint density at radius 2 is 2.00 bits per heavy atom. The maximum Gasteiger partial charge on any atom is 0.325 e. The van der Waals surface area contributed by atoms with Gasteiger partial charge in [0.1, 0.15) is 12.1 Å². The van der Waals surface area contributed by atoms with Gasteiger partial charge in [-0.05, 0) is 18.9 Å². The summed E-state index contributed by atoms with van der Waals surface area (Å²) >= 11 is 7.41. The summed E-state index contributed by atoms with van der Waals surface area (Å²) in [6, 6.07) is 6.73. The Kier molecular flexibility index (Phi) is 5.48. The van der Waals surface area contributed by atoms with Gasteiger partial charge in [-0.3, -0.25) is 14.5 Å². The number of anilines is 1. The molecular weight excluding hydrogens is 388 g/mol. The molecule has 0 spiro atoms. The first-order valence-electron chi connectivity index (χ1n) is 8.54. The van der Waals surface area contributed by atoms with Crippen molar-refractivity contribution < 1.29 is 14.4 Å². The summed E-state index contributed by atoms with van der Waals surface area (Å²) in [6.07, 6.45) is 0.944. The number of rotatable bonds is 6. The minimum Gasteiger partial charge on any atom is -0.323 e. The van der Waals surface area contributed by atoms with E-state index < -0.39 is 17.5 Å². The summed E-state index contributed by atoms with van der Waals surface area (Å²) in [5.41, 5.74) is 0.489. The Labute approximate surface area is 165 Å². The number of carbonyl (C=O) groups is 3. The maximum atomic E-state index is 12.5. The molecule has 1 aromatic heterocycles. The third-order valence-electron chi connectivity index (χ3n) is 4.66. The standard InChI is InChI=1S/C18H19ClN4O3S/c1-3-18(4-2)15(25)23(17(26)22-18)9-14(24)21-16-20-13(10-27-16)11-7-5-6-8-12(11)19/h5-8,10H,3-4,9H2,1-2H3,(H,22,26)(H,20,21,24). The van der Waals surface area contributed by atoms with E-state index in [1.165, 1.54) is 11.3 Å². The Morgan fingerprint density at radius 3 is 2.63 bits per heavy atom. The fourth-order valence-corrected chi connectivity index (χ4v) is 3.93. The van der Waals surface area contributed by atoms with Crippen molar-refractivity contribution in [1.29, 1.82) is 0 Å². The van der Waals surface area contributed by atoms with Gasteiger partial charge in [0, 0.05) is 16.0 Å². The number of urea groups is 1. The van der Waals surface area contributed by atoms with Gasteiger partial charge in [0.15, 0.2) is 5.13 Å². The smallest absolute Gasteiger partial charge is 0.323 e. The van der Waals surface area contributed by atoms with Crippen LogP contribution in [-0.2, 0) is 9.59 Å². The third-order valence-corrected chi connectivity index (χ3v) is 5.74. The monoisotopic (exact) mass is 406 g/mol. The van der Waals surface area contributed by atoms with Crippen LogP contribution in [0, 0.1) is 0 Å². The average molecular weight is 407 g/mol. The number of carbonyl (C=O) groups excluding carboxylic acids is 3. The highest BCUT2D eigenvalue weighted by molar-refractivity contribution is 7.14. The molecular formula is C18H19ClN4O3S. The van der Waals surface area contributed by atoms with Crippen LogP contribution < -0.4 is 10.6 Å². The van der Waals surface area contributed by atoms with E-state index in [9.17, 15) is 14.4 Å². The van der Waals surface area contributed by atoms with Crippen molar-refractivity contribution in [3.8, 4) is 11.3 Å². The SMILES string of the molecule is CCC1(CC)NC(=O)N(CC(=O)Nc2nc(-c3ccccc3Cl)cs2)C1=O. The molecule has 0 unspecified atom stereocenters. The van der Waals surface area contributed by atoms with Crippen LogP contribution in [0.1, 0.15) is 26.7 Å². The molecule has 27 heavy (non-hydrogen) atoms. The summed E-state index contributed by atoms with van der Waals surface area (Å²) in [6.45, 7) is 3.31. The van der Waals surface area contributed by atoms with Gasteiger partial charge < -0.3 is 10.6 Å². The Morgan fingerprint density at radius 1 is 1.30 bits per heavy atom. The molecule has 3 rings (SSSR count). The Balaban J connectivity index is 1.68. The first-order valence-corrected chi connectivity index (χ1v) is 9.80. The van der Waals surface area contributed by atoms with Gasteiger partial charge in [-0.2, -0.15) is 0 Å². The molecule has 0 bridgehead atoms. The van der Waals surface area contributed by atoms with Crippen LogP contribution in [0.4, 0.5) is 9.93 Å². The number of aromatic nitrogens is 1. The number of benzene rings is 1. The first-order chi connectivity index (χ1) is 12.9. The van der Waals surface area contributed by atoms with Gasteiger partial charge in [-0.25, -0.2) is 9.78 Å². The van der Waals surface area contributed by atoms with E-state index in [1.54, 1.807) is 11.4 Å². The number of halogens is 1. The van der Waals surface area contributed by atoms with Crippen LogP contribution in [0.3, 0.4) is 0 Å². The quantitative estimate of drug-likeness (QED) is 0.718. The molecule has 2 aromatic rings. The average Bonchev–Trinajstić information content (AvgIpc) is 3.20. The first kappa shape index (κ1) is 19.3. The van der Waals surface area contributed by atoms with E-state index in [-0.39, 0.29) is 12.5 Å². The second kappa shape index (κ2) is 7.66. The molecule has 1 aliphatic rings. The minimum atomic E-state index is -0.921. The highest BCUT2D eigenvalue weighted by Gasteiger charge is 2.49. The van der Waals surface area contributed by atoms with Crippen LogP contribution in [-0.4, -0.2) is 39.8 Å². The molecule has 7 nitrogen and oxygen atoms in total. The van der Waals surface area contributed by atoms with Gasteiger partial charge in [0.05, 0.1) is 5.69 Å². The summed E-state index contributed by atoms with van der Waals surface area (Å²) in [5.74, 6) is -0.856. The molecule has 1 aliphatic heterocycles. The Hall–Kier alpha value is -2.45. The Bertz CT molecular complexity index is 894. The summed E-state index contributed by atoms with van der Waals surface area (Å²) in [5, 5.41) is 8.05. The van der Waals surface area contributed by atoms with Crippen molar-refractivity contribution >= 4 is 45.9 Å². The van der Waals surface area contributed by atoms with Crippen molar-refractivity contribution in [3.63, 3.8) is 0 Å². The van der Waals surface area contributed by atoms with Crippen LogP contribution in [0.2, 0.25) is 5.02 Å². The summed E-state index contributed by atoms with van der Waals surface area (Å²) < 4.78 is 0. The lowest BCUT2D eigenvalue weighted by molar-refractivity contribution is -0.134. The molecule has 0 aliphatic carbocycles. The largest absolute Gasteiger partial charge is 0.325 e. The molecule has 1 fully saturated rings. The fourth-order valence-electron chi connectivity index (χ4n) is 2.98. The van der Waals surface area contributed by atoms with Gasteiger partial charge in [0.2, 0.25) is 5.91 Å². The van der Waals surface area contributed by atoms with Crippen molar-refractivity contribution in [1.82, 2.24) is 15.2 Å². The lowest BCUT2D eigenvalue weighted by Crippen LogP contribution is -2.46. The normalized spacial score (nSPS) is 15.7. The van der Waals surface area contributed by atoms with Crippen molar-refractivity contribution in [2.24, 2.45) is 0 Å². The third kappa shape index (κ3) is 3.68. The molecule has 0 saturated carbocycles. The summed E-state index contributed by atoms with van der Waals surface area (Å²) in [7, 11) is 0. The lowest BCUT2D eigenvalue weighted by Gasteiger charge is -2.22. The molecule has 142 valence electrons. The van der Waals surface area contributed by atoms with Crippen LogP contribution in [0.15, 0.2) is 29.6 Å². The number of amides is 4. The van der Waals surface area contributed by atoms with Crippen molar-refractivity contribution in [2.75, 3.05) is 11.9 Å². The van der Waals surface area contributed by atoms with Crippen LogP contribution in [0.25, 0.3) is 11.3 Å². The highest BCUT2D eigenvalue weighted by Crippen LogP contribution is 2.30. The number of imide groups is 1. The van der Waals surface area contributed by atoms with E-state index in [4.69, 9.17) is 11.6 Å². The number of nitrogens with one attached hydrogen (secondary N) is 2. The fraction of sp³-hybridized carbons (Fsp3) is 0.333. The molecule has 1 saturated heterocycles. The predicted octanol–water partition coefficient (Wildman–Crippen LogP) is 3.51. The molecule has 0 atom stereocenters. The second-order valence-corrected chi connectivity index (χ2v) is 7.44. The highest BCUT2D eigenvalue weighted by atomic mass is 35.5. The van der Waals surface area contributed by atoms with Crippen molar-refractivity contribution in [3.05, 3.63) is 34.7 Å².